The average molecular weight is 400 g/mol. The summed E-state index contributed by atoms with van der Waals surface area (Å²) in [4.78, 5) is 24.8. The van der Waals surface area contributed by atoms with E-state index in [-0.39, 0.29) is 16.2 Å². The van der Waals surface area contributed by atoms with Crippen molar-refractivity contribution in [2.24, 2.45) is 0 Å². The first-order valence-electron chi connectivity index (χ1n) is 7.97. The van der Waals surface area contributed by atoms with E-state index in [9.17, 15) is 18.0 Å². The Labute approximate surface area is 160 Å². The first kappa shape index (κ1) is 18.8. The number of carbonyl (C=O) groups excluding carboxylic acids is 2. The van der Waals surface area contributed by atoms with Gasteiger partial charge in [-0.2, -0.15) is 0 Å². The maximum Gasteiger partial charge on any atom is 0.279 e. The first-order chi connectivity index (χ1) is 13.0. The van der Waals surface area contributed by atoms with Crippen LogP contribution in [-0.2, 0) is 15.6 Å². The van der Waals surface area contributed by atoms with Crippen LogP contribution in [-0.4, -0.2) is 20.2 Å². The van der Waals surface area contributed by atoms with Gasteiger partial charge in [0.05, 0.1) is 15.5 Å². The van der Waals surface area contributed by atoms with Gasteiger partial charge in [0, 0.05) is 5.56 Å². The van der Waals surface area contributed by atoms with E-state index < -0.39 is 21.7 Å². The molecule has 3 rings (SSSR count). The van der Waals surface area contributed by atoms with Crippen molar-refractivity contribution in [1.29, 1.82) is 0 Å². The maximum atomic E-state index is 12.5. The summed E-state index contributed by atoms with van der Waals surface area (Å²) >= 11 is 1.26. The van der Waals surface area contributed by atoms with Crippen LogP contribution in [0.3, 0.4) is 0 Å². The van der Waals surface area contributed by atoms with Crippen LogP contribution in [0.15, 0.2) is 77.0 Å². The minimum absolute atomic E-state index is 0.223. The number of benzene rings is 2. The van der Waals surface area contributed by atoms with E-state index in [1.807, 2.05) is 0 Å². The van der Waals surface area contributed by atoms with E-state index in [4.69, 9.17) is 0 Å². The van der Waals surface area contributed by atoms with E-state index >= 15 is 0 Å². The minimum atomic E-state index is -3.51. The summed E-state index contributed by atoms with van der Waals surface area (Å²) in [6, 6.07) is 17.8. The van der Waals surface area contributed by atoms with Gasteiger partial charge in [-0.25, -0.2) is 8.42 Å². The summed E-state index contributed by atoms with van der Waals surface area (Å²) in [5, 5.41) is 1.76. The van der Waals surface area contributed by atoms with E-state index in [0.29, 0.717) is 10.4 Å². The van der Waals surface area contributed by atoms with Crippen molar-refractivity contribution in [3.05, 3.63) is 88.1 Å². The van der Waals surface area contributed by atoms with Gasteiger partial charge in [0.25, 0.3) is 11.8 Å². The maximum absolute atomic E-state index is 12.5. The summed E-state index contributed by atoms with van der Waals surface area (Å²) in [6.45, 7) is 0. The van der Waals surface area contributed by atoms with Gasteiger partial charge in [-0.3, -0.25) is 20.4 Å². The molecule has 8 heteroatoms. The number of sulfone groups is 1. The SMILES string of the molecule is O=C(NNC(=O)c1cccs1)c1cccc(CS(=O)(=O)c2ccccc2)c1. The second-order valence-corrected chi connectivity index (χ2v) is 8.60. The van der Waals surface area contributed by atoms with E-state index in [0.717, 1.165) is 0 Å². The van der Waals surface area contributed by atoms with Crippen LogP contribution in [0.2, 0.25) is 0 Å². The second-order valence-electron chi connectivity index (χ2n) is 5.66. The van der Waals surface area contributed by atoms with Gasteiger partial charge in [0.1, 0.15) is 0 Å². The highest BCUT2D eigenvalue weighted by atomic mass is 32.2. The standard InChI is InChI=1S/C19H16N2O4S2/c22-18(20-21-19(23)17-10-5-11-26-17)15-7-4-6-14(12-15)13-27(24,25)16-8-2-1-3-9-16/h1-12H,13H2,(H,20,22)(H,21,23). The number of carbonyl (C=O) groups is 2. The molecule has 3 aromatic rings. The third kappa shape index (κ3) is 4.81. The Kier molecular flexibility index (Phi) is 5.68. The second kappa shape index (κ2) is 8.15. The molecule has 0 saturated carbocycles. The third-order valence-electron chi connectivity index (χ3n) is 3.68. The lowest BCUT2D eigenvalue weighted by atomic mass is 10.1. The molecule has 0 fully saturated rings. The number of hydrazine groups is 1. The fraction of sp³-hybridized carbons (Fsp3) is 0.0526. The predicted octanol–water partition coefficient (Wildman–Crippen LogP) is 2.80. The highest BCUT2D eigenvalue weighted by Gasteiger charge is 2.16. The average Bonchev–Trinajstić information content (AvgIpc) is 3.21. The lowest BCUT2D eigenvalue weighted by Crippen LogP contribution is -2.41. The molecule has 0 spiro atoms. The molecule has 1 aromatic heterocycles. The highest BCUT2D eigenvalue weighted by Crippen LogP contribution is 2.17. The Bertz CT molecular complexity index is 1050. The molecular formula is C19H16N2O4S2. The Morgan fingerprint density at radius 3 is 2.30 bits per heavy atom. The zero-order chi connectivity index (χ0) is 19.3. The zero-order valence-corrected chi connectivity index (χ0v) is 15.7. The van der Waals surface area contributed by atoms with Gasteiger partial charge in [0.2, 0.25) is 0 Å². The monoisotopic (exact) mass is 400 g/mol. The van der Waals surface area contributed by atoms with Gasteiger partial charge in [-0.05, 0) is 41.3 Å². The quantitative estimate of drug-likeness (QED) is 0.644. The lowest BCUT2D eigenvalue weighted by molar-refractivity contribution is 0.0849. The molecule has 2 aromatic carbocycles. The molecule has 0 unspecified atom stereocenters. The first-order valence-corrected chi connectivity index (χ1v) is 10.5. The summed E-state index contributed by atoms with van der Waals surface area (Å²) in [5.41, 5.74) is 5.39. The summed E-state index contributed by atoms with van der Waals surface area (Å²) < 4.78 is 24.9. The molecule has 138 valence electrons. The van der Waals surface area contributed by atoms with Crippen molar-refractivity contribution in [3.8, 4) is 0 Å². The van der Waals surface area contributed by atoms with Crippen molar-refractivity contribution in [2.45, 2.75) is 10.6 Å². The van der Waals surface area contributed by atoms with Crippen LogP contribution in [0.1, 0.15) is 25.6 Å². The fourth-order valence-corrected chi connectivity index (χ4v) is 4.36. The Morgan fingerprint density at radius 2 is 1.59 bits per heavy atom. The lowest BCUT2D eigenvalue weighted by Gasteiger charge is -2.08. The van der Waals surface area contributed by atoms with Crippen LogP contribution < -0.4 is 10.9 Å². The van der Waals surface area contributed by atoms with Gasteiger partial charge in [-0.1, -0.05) is 36.4 Å². The van der Waals surface area contributed by atoms with Gasteiger partial charge in [0.15, 0.2) is 9.84 Å². The van der Waals surface area contributed by atoms with Crippen molar-refractivity contribution in [1.82, 2.24) is 10.9 Å². The molecule has 27 heavy (non-hydrogen) atoms. The smallest absolute Gasteiger partial charge is 0.267 e. The number of hydrogen-bond acceptors (Lipinski definition) is 5. The van der Waals surface area contributed by atoms with Crippen LogP contribution in [0.25, 0.3) is 0 Å². The molecule has 0 aliphatic heterocycles. The number of hydrogen-bond donors (Lipinski definition) is 2. The fourth-order valence-electron chi connectivity index (χ4n) is 2.39. The molecule has 6 nitrogen and oxygen atoms in total. The van der Waals surface area contributed by atoms with Crippen LogP contribution in [0, 0.1) is 0 Å². The number of nitrogens with one attached hydrogen (secondary N) is 2. The van der Waals surface area contributed by atoms with Gasteiger partial charge >= 0.3 is 0 Å². The molecule has 0 atom stereocenters. The zero-order valence-electron chi connectivity index (χ0n) is 14.1. The van der Waals surface area contributed by atoms with Gasteiger partial charge in [-0.15, -0.1) is 11.3 Å². The minimum Gasteiger partial charge on any atom is -0.267 e. The molecule has 1 heterocycles. The Morgan fingerprint density at radius 1 is 0.852 bits per heavy atom. The van der Waals surface area contributed by atoms with E-state index in [1.165, 1.54) is 29.5 Å². The summed E-state index contributed by atoms with van der Waals surface area (Å²) in [6.07, 6.45) is 0. The van der Waals surface area contributed by atoms with E-state index in [1.54, 1.807) is 53.9 Å². The molecule has 0 saturated heterocycles. The van der Waals surface area contributed by atoms with Crippen LogP contribution in [0.5, 0.6) is 0 Å². The van der Waals surface area contributed by atoms with Crippen molar-refractivity contribution in [2.75, 3.05) is 0 Å². The third-order valence-corrected chi connectivity index (χ3v) is 6.26. The Balaban J connectivity index is 1.68. The van der Waals surface area contributed by atoms with Crippen molar-refractivity contribution >= 4 is 33.0 Å². The predicted molar refractivity (Wildman–Crippen MR) is 103 cm³/mol. The van der Waals surface area contributed by atoms with Crippen LogP contribution in [0.4, 0.5) is 0 Å². The van der Waals surface area contributed by atoms with E-state index in [2.05, 4.69) is 10.9 Å². The molecular weight excluding hydrogens is 384 g/mol. The topological polar surface area (TPSA) is 92.3 Å². The highest BCUT2D eigenvalue weighted by molar-refractivity contribution is 7.90. The number of amides is 2. The molecule has 2 amide bonds. The normalized spacial score (nSPS) is 11.0. The van der Waals surface area contributed by atoms with Gasteiger partial charge < -0.3 is 0 Å². The molecule has 0 radical (unpaired) electrons. The molecule has 2 N–H and O–H groups in total. The van der Waals surface area contributed by atoms with Crippen molar-refractivity contribution in [3.63, 3.8) is 0 Å². The summed E-state index contributed by atoms with van der Waals surface area (Å²) in [7, 11) is -3.51. The molecule has 0 aliphatic carbocycles. The van der Waals surface area contributed by atoms with Crippen LogP contribution >= 0.6 is 11.3 Å². The molecule has 0 bridgehead atoms. The largest absolute Gasteiger partial charge is 0.279 e. The molecule has 0 aliphatic rings. The summed E-state index contributed by atoms with van der Waals surface area (Å²) in [5.74, 6) is -1.17. The van der Waals surface area contributed by atoms with Crippen molar-refractivity contribution < 1.29 is 18.0 Å². The Hall–Kier alpha value is -2.97. The number of thiophene rings is 1. The number of rotatable bonds is 5.